The Bertz CT molecular complexity index is 590. The van der Waals surface area contributed by atoms with Crippen molar-refractivity contribution in [2.24, 2.45) is 0 Å². The highest BCUT2D eigenvalue weighted by Gasteiger charge is 2.27. The summed E-state index contributed by atoms with van der Waals surface area (Å²) in [6, 6.07) is 6.38. The molecule has 0 atom stereocenters. The Kier molecular flexibility index (Phi) is 2.61. The third-order valence-electron chi connectivity index (χ3n) is 3.65. The van der Waals surface area contributed by atoms with Crippen molar-refractivity contribution in [3.63, 3.8) is 0 Å². The number of nitrogens with one attached hydrogen (secondary N) is 1. The molecule has 90 valence electrons. The molecular weight excluding hydrogens is 210 g/mol. The first-order valence-electron chi connectivity index (χ1n) is 5.94. The molecule has 0 amide bonds. The Morgan fingerprint density at radius 2 is 1.82 bits per heavy atom. The number of benzene rings is 1. The maximum atomic E-state index is 11.8. The Balaban J connectivity index is 2.69. The van der Waals surface area contributed by atoms with Crippen LogP contribution in [0.4, 0.5) is 0 Å². The van der Waals surface area contributed by atoms with Gasteiger partial charge in [-0.1, -0.05) is 0 Å². The SMILES string of the molecule is CC(=O)C(C)(C)c1cc2cc(C)[nH]c2cc1C. The second-order valence-electron chi connectivity index (χ2n) is 5.39. The molecule has 0 fully saturated rings. The largest absolute Gasteiger partial charge is 0.359 e. The monoisotopic (exact) mass is 229 g/mol. The lowest BCUT2D eigenvalue weighted by molar-refractivity contribution is -0.121. The fourth-order valence-electron chi connectivity index (χ4n) is 2.30. The highest BCUT2D eigenvalue weighted by atomic mass is 16.1. The van der Waals surface area contributed by atoms with Crippen LogP contribution in [0.25, 0.3) is 10.9 Å². The van der Waals surface area contributed by atoms with Crippen molar-refractivity contribution in [3.8, 4) is 0 Å². The first kappa shape index (κ1) is 11.9. The van der Waals surface area contributed by atoms with Gasteiger partial charge >= 0.3 is 0 Å². The molecule has 1 aromatic carbocycles. The molecular formula is C15H19NO. The van der Waals surface area contributed by atoms with Crippen molar-refractivity contribution in [1.29, 1.82) is 0 Å². The molecule has 1 heterocycles. The van der Waals surface area contributed by atoms with Gasteiger partial charge in [0.05, 0.1) is 0 Å². The molecule has 0 spiro atoms. The van der Waals surface area contributed by atoms with Crippen molar-refractivity contribution in [3.05, 3.63) is 35.0 Å². The molecule has 0 aliphatic rings. The second kappa shape index (κ2) is 3.73. The second-order valence-corrected chi connectivity index (χ2v) is 5.39. The summed E-state index contributed by atoms with van der Waals surface area (Å²) < 4.78 is 0. The van der Waals surface area contributed by atoms with E-state index in [1.807, 2.05) is 20.8 Å². The van der Waals surface area contributed by atoms with E-state index in [0.717, 1.165) is 16.8 Å². The van der Waals surface area contributed by atoms with E-state index >= 15 is 0 Å². The van der Waals surface area contributed by atoms with Crippen molar-refractivity contribution < 1.29 is 4.79 Å². The molecule has 1 aromatic heterocycles. The quantitative estimate of drug-likeness (QED) is 0.837. The maximum absolute atomic E-state index is 11.8. The minimum absolute atomic E-state index is 0.201. The number of fused-ring (bicyclic) bond motifs is 1. The van der Waals surface area contributed by atoms with Crippen LogP contribution >= 0.6 is 0 Å². The molecule has 17 heavy (non-hydrogen) atoms. The van der Waals surface area contributed by atoms with Crippen LogP contribution < -0.4 is 0 Å². The number of H-pyrrole nitrogens is 1. The van der Waals surface area contributed by atoms with Crippen LogP contribution in [0.3, 0.4) is 0 Å². The summed E-state index contributed by atoms with van der Waals surface area (Å²) in [7, 11) is 0. The van der Waals surface area contributed by atoms with Gasteiger partial charge in [-0.05, 0) is 69.3 Å². The summed E-state index contributed by atoms with van der Waals surface area (Å²) in [6.45, 7) is 9.75. The van der Waals surface area contributed by atoms with E-state index in [2.05, 4.69) is 30.1 Å². The van der Waals surface area contributed by atoms with Gasteiger partial charge in [0.2, 0.25) is 0 Å². The normalized spacial score (nSPS) is 12.1. The van der Waals surface area contributed by atoms with E-state index in [0.29, 0.717) is 0 Å². The van der Waals surface area contributed by atoms with E-state index in [1.165, 1.54) is 10.9 Å². The van der Waals surface area contributed by atoms with Gasteiger partial charge in [0, 0.05) is 16.6 Å². The number of hydrogen-bond donors (Lipinski definition) is 1. The zero-order chi connectivity index (χ0) is 12.8. The van der Waals surface area contributed by atoms with Crippen LogP contribution in [0.15, 0.2) is 18.2 Å². The zero-order valence-corrected chi connectivity index (χ0v) is 11.1. The average Bonchev–Trinajstić information content (AvgIpc) is 2.55. The van der Waals surface area contributed by atoms with E-state index in [9.17, 15) is 4.79 Å². The molecule has 0 bridgehead atoms. The van der Waals surface area contributed by atoms with E-state index in [1.54, 1.807) is 6.92 Å². The summed E-state index contributed by atoms with van der Waals surface area (Å²) in [4.78, 5) is 15.1. The summed E-state index contributed by atoms with van der Waals surface area (Å²) >= 11 is 0. The number of Topliss-reactive ketones (excluding diaryl/α,β-unsaturated/α-hetero) is 1. The Morgan fingerprint density at radius 3 is 2.41 bits per heavy atom. The summed E-state index contributed by atoms with van der Waals surface area (Å²) in [6.07, 6.45) is 0. The maximum Gasteiger partial charge on any atom is 0.139 e. The van der Waals surface area contributed by atoms with Crippen LogP contribution in [0.1, 0.15) is 37.6 Å². The Hall–Kier alpha value is -1.57. The fraction of sp³-hybridized carbons (Fsp3) is 0.400. The van der Waals surface area contributed by atoms with Crippen LogP contribution in [0.2, 0.25) is 0 Å². The lowest BCUT2D eigenvalue weighted by atomic mass is 9.78. The van der Waals surface area contributed by atoms with Crippen molar-refractivity contribution in [2.75, 3.05) is 0 Å². The van der Waals surface area contributed by atoms with Gasteiger partial charge in [0.15, 0.2) is 0 Å². The number of carbonyl (C=O) groups excluding carboxylic acids is 1. The molecule has 0 aliphatic carbocycles. The standard InChI is InChI=1S/C15H19NO/c1-9-6-14-12(7-10(2)16-14)8-13(9)15(4,5)11(3)17/h6-8,16H,1-5H3. The average molecular weight is 229 g/mol. The lowest BCUT2D eigenvalue weighted by Crippen LogP contribution is -2.27. The highest BCUT2D eigenvalue weighted by molar-refractivity contribution is 5.90. The van der Waals surface area contributed by atoms with Crippen molar-refractivity contribution in [2.45, 2.75) is 40.0 Å². The van der Waals surface area contributed by atoms with Gasteiger partial charge in [0.1, 0.15) is 5.78 Å². The Labute approximate surface area is 102 Å². The highest BCUT2D eigenvalue weighted by Crippen LogP contribution is 2.31. The first-order valence-corrected chi connectivity index (χ1v) is 5.94. The van der Waals surface area contributed by atoms with Crippen molar-refractivity contribution in [1.82, 2.24) is 4.98 Å². The summed E-state index contributed by atoms with van der Waals surface area (Å²) in [5.41, 5.74) is 4.17. The van der Waals surface area contributed by atoms with Gasteiger partial charge in [-0.15, -0.1) is 0 Å². The summed E-state index contributed by atoms with van der Waals surface area (Å²) in [5, 5.41) is 1.18. The molecule has 2 aromatic rings. The zero-order valence-electron chi connectivity index (χ0n) is 11.1. The van der Waals surface area contributed by atoms with Gasteiger partial charge in [-0.3, -0.25) is 4.79 Å². The van der Waals surface area contributed by atoms with Crippen LogP contribution in [-0.2, 0) is 10.2 Å². The van der Waals surface area contributed by atoms with E-state index in [-0.39, 0.29) is 5.78 Å². The topological polar surface area (TPSA) is 32.9 Å². The van der Waals surface area contributed by atoms with Gasteiger partial charge in [0.25, 0.3) is 0 Å². The molecule has 2 heteroatoms. The Morgan fingerprint density at radius 1 is 1.18 bits per heavy atom. The molecule has 2 rings (SSSR count). The minimum atomic E-state index is -0.413. The van der Waals surface area contributed by atoms with Crippen LogP contribution in [-0.4, -0.2) is 10.8 Å². The van der Waals surface area contributed by atoms with Crippen molar-refractivity contribution >= 4 is 16.7 Å². The third kappa shape index (κ3) is 1.88. The van der Waals surface area contributed by atoms with Crippen LogP contribution in [0, 0.1) is 13.8 Å². The summed E-state index contributed by atoms with van der Waals surface area (Å²) in [5.74, 6) is 0.201. The molecule has 2 nitrogen and oxygen atoms in total. The van der Waals surface area contributed by atoms with Crippen LogP contribution in [0.5, 0.6) is 0 Å². The predicted molar refractivity (Wildman–Crippen MR) is 71.5 cm³/mol. The molecule has 0 radical (unpaired) electrons. The number of rotatable bonds is 2. The molecule has 0 unspecified atom stereocenters. The predicted octanol–water partition coefficient (Wildman–Crippen LogP) is 3.65. The molecule has 0 saturated carbocycles. The number of aryl methyl sites for hydroxylation is 2. The first-order chi connectivity index (χ1) is 7.82. The number of hydrogen-bond acceptors (Lipinski definition) is 1. The fourth-order valence-corrected chi connectivity index (χ4v) is 2.30. The van der Waals surface area contributed by atoms with Gasteiger partial charge in [-0.2, -0.15) is 0 Å². The van der Waals surface area contributed by atoms with Gasteiger partial charge in [-0.25, -0.2) is 0 Å². The minimum Gasteiger partial charge on any atom is -0.359 e. The third-order valence-corrected chi connectivity index (χ3v) is 3.65. The lowest BCUT2D eigenvalue weighted by Gasteiger charge is -2.24. The molecule has 0 saturated heterocycles. The smallest absolute Gasteiger partial charge is 0.139 e. The van der Waals surface area contributed by atoms with Gasteiger partial charge < -0.3 is 4.98 Å². The van der Waals surface area contributed by atoms with E-state index < -0.39 is 5.41 Å². The molecule has 1 N–H and O–H groups in total. The number of ketones is 1. The number of aromatic amines is 1. The number of aromatic nitrogens is 1. The van der Waals surface area contributed by atoms with E-state index in [4.69, 9.17) is 0 Å². The number of carbonyl (C=O) groups is 1. The molecule has 0 aliphatic heterocycles.